The summed E-state index contributed by atoms with van der Waals surface area (Å²) in [5.74, 6) is 1.52. The third-order valence-corrected chi connectivity index (χ3v) is 3.30. The summed E-state index contributed by atoms with van der Waals surface area (Å²) >= 11 is 5.80. The highest BCUT2D eigenvalue weighted by Gasteiger charge is 2.38. The van der Waals surface area contributed by atoms with E-state index in [0.29, 0.717) is 17.0 Å². The molecule has 2 nitrogen and oxygen atoms in total. The van der Waals surface area contributed by atoms with Gasteiger partial charge in [0.15, 0.2) is 0 Å². The maximum atomic E-state index is 5.80. The lowest BCUT2D eigenvalue weighted by molar-refractivity contribution is 1.03. The second-order valence-electron chi connectivity index (χ2n) is 4.37. The zero-order chi connectivity index (χ0) is 11.7. The first-order chi connectivity index (χ1) is 8.33. The predicted octanol–water partition coefficient (Wildman–Crippen LogP) is 3.70. The fraction of sp³-hybridized carbons (Fsp3) is 0.214. The Hall–Kier alpha value is -1.54. The topological polar surface area (TPSA) is 24.9 Å². The monoisotopic (exact) mass is 244 g/mol. The average molecular weight is 245 g/mol. The molecule has 0 radical (unpaired) electrons. The summed E-state index contributed by atoms with van der Waals surface area (Å²) in [6, 6.07) is 14.9. The number of halogens is 1. The van der Waals surface area contributed by atoms with Gasteiger partial charge in [-0.25, -0.2) is 4.98 Å². The van der Waals surface area contributed by atoms with Gasteiger partial charge in [-0.1, -0.05) is 41.9 Å². The molecule has 1 aliphatic carbocycles. The smallest absolute Gasteiger partial charge is 0.126 e. The fourth-order valence-electron chi connectivity index (χ4n) is 2.07. The number of aromatic nitrogens is 1. The molecular weight excluding hydrogens is 232 g/mol. The van der Waals surface area contributed by atoms with Gasteiger partial charge >= 0.3 is 0 Å². The van der Waals surface area contributed by atoms with E-state index in [-0.39, 0.29) is 0 Å². The van der Waals surface area contributed by atoms with Gasteiger partial charge in [0.05, 0.1) is 5.02 Å². The van der Waals surface area contributed by atoms with Gasteiger partial charge in [-0.2, -0.15) is 0 Å². The molecular formula is C14H13ClN2. The Morgan fingerprint density at radius 3 is 2.65 bits per heavy atom. The van der Waals surface area contributed by atoms with Gasteiger partial charge in [-0.05, 0) is 24.1 Å². The van der Waals surface area contributed by atoms with Crippen molar-refractivity contribution in [2.75, 3.05) is 5.32 Å². The van der Waals surface area contributed by atoms with Gasteiger partial charge < -0.3 is 5.32 Å². The van der Waals surface area contributed by atoms with Crippen LogP contribution in [0.4, 0.5) is 5.82 Å². The molecule has 1 aromatic heterocycles. The number of benzene rings is 1. The molecule has 1 heterocycles. The second kappa shape index (κ2) is 4.38. The number of nitrogens with one attached hydrogen (secondary N) is 1. The Labute approximate surface area is 106 Å². The maximum Gasteiger partial charge on any atom is 0.126 e. The molecule has 1 saturated carbocycles. The van der Waals surface area contributed by atoms with Crippen LogP contribution in [0.5, 0.6) is 0 Å². The summed E-state index contributed by atoms with van der Waals surface area (Å²) in [5.41, 5.74) is 1.40. The van der Waals surface area contributed by atoms with Crippen LogP contribution in [0.2, 0.25) is 5.02 Å². The van der Waals surface area contributed by atoms with Crippen LogP contribution in [0.1, 0.15) is 17.9 Å². The van der Waals surface area contributed by atoms with Crippen molar-refractivity contribution >= 4 is 17.4 Å². The lowest BCUT2D eigenvalue weighted by Gasteiger charge is -2.04. The summed E-state index contributed by atoms with van der Waals surface area (Å²) in [5, 5.41) is 4.09. The molecule has 1 fully saturated rings. The van der Waals surface area contributed by atoms with Gasteiger partial charge in [0.25, 0.3) is 0 Å². The fourth-order valence-corrected chi connectivity index (χ4v) is 2.19. The van der Waals surface area contributed by atoms with Crippen molar-refractivity contribution in [3.63, 3.8) is 0 Å². The van der Waals surface area contributed by atoms with Gasteiger partial charge in [0, 0.05) is 18.2 Å². The predicted molar refractivity (Wildman–Crippen MR) is 70.5 cm³/mol. The quantitative estimate of drug-likeness (QED) is 0.891. The van der Waals surface area contributed by atoms with Crippen molar-refractivity contribution in [3.05, 3.63) is 59.2 Å². The summed E-state index contributed by atoms with van der Waals surface area (Å²) in [4.78, 5) is 4.24. The highest BCUT2D eigenvalue weighted by molar-refractivity contribution is 6.30. The van der Waals surface area contributed by atoms with Crippen LogP contribution in [0.25, 0.3) is 0 Å². The molecule has 2 unspecified atom stereocenters. The normalized spacial score (nSPS) is 22.2. The molecule has 0 saturated heterocycles. The molecule has 3 rings (SSSR count). The first-order valence-corrected chi connectivity index (χ1v) is 6.14. The van der Waals surface area contributed by atoms with Gasteiger partial charge in [-0.15, -0.1) is 0 Å². The van der Waals surface area contributed by atoms with Crippen LogP contribution in [-0.2, 0) is 0 Å². The van der Waals surface area contributed by atoms with Crippen molar-refractivity contribution in [1.82, 2.24) is 4.98 Å². The van der Waals surface area contributed by atoms with E-state index in [1.54, 1.807) is 6.20 Å². The molecule has 0 aliphatic heterocycles. The largest absolute Gasteiger partial charge is 0.367 e. The van der Waals surface area contributed by atoms with Crippen molar-refractivity contribution in [2.45, 2.75) is 18.4 Å². The number of anilines is 1. The molecule has 1 aliphatic rings. The van der Waals surface area contributed by atoms with Crippen LogP contribution >= 0.6 is 11.6 Å². The van der Waals surface area contributed by atoms with Gasteiger partial charge in [-0.3, -0.25) is 0 Å². The summed E-state index contributed by atoms with van der Waals surface area (Å²) < 4.78 is 0. The molecule has 0 spiro atoms. The molecule has 17 heavy (non-hydrogen) atoms. The minimum Gasteiger partial charge on any atom is -0.367 e. The molecule has 0 amide bonds. The average Bonchev–Trinajstić information content (AvgIpc) is 3.13. The van der Waals surface area contributed by atoms with E-state index in [4.69, 9.17) is 11.6 Å². The number of pyridine rings is 1. The minimum absolute atomic E-state index is 0.506. The Bertz CT molecular complexity index is 495. The Morgan fingerprint density at radius 1 is 1.12 bits per heavy atom. The first kappa shape index (κ1) is 10.6. The molecule has 2 atom stereocenters. The number of hydrogen-bond acceptors (Lipinski definition) is 2. The minimum atomic E-state index is 0.506. The summed E-state index contributed by atoms with van der Waals surface area (Å²) in [6.45, 7) is 0. The number of nitrogens with zero attached hydrogens (tertiary/aromatic N) is 1. The highest BCUT2D eigenvalue weighted by atomic mass is 35.5. The molecule has 1 N–H and O–H groups in total. The van der Waals surface area contributed by atoms with Crippen molar-refractivity contribution in [3.8, 4) is 0 Å². The maximum absolute atomic E-state index is 5.80. The van der Waals surface area contributed by atoms with Crippen molar-refractivity contribution in [2.24, 2.45) is 0 Å². The van der Waals surface area contributed by atoms with Crippen LogP contribution in [0.15, 0.2) is 48.7 Å². The first-order valence-electron chi connectivity index (χ1n) is 5.76. The van der Waals surface area contributed by atoms with Crippen LogP contribution in [0.3, 0.4) is 0 Å². The lowest BCUT2D eigenvalue weighted by atomic mass is 10.1. The highest BCUT2D eigenvalue weighted by Crippen LogP contribution is 2.42. The SMILES string of the molecule is Clc1ccc(NC2CC2c2ccccc2)nc1. The van der Waals surface area contributed by atoms with E-state index in [0.717, 1.165) is 5.82 Å². The summed E-state index contributed by atoms with van der Waals surface area (Å²) in [6.07, 6.45) is 2.85. The van der Waals surface area contributed by atoms with Gasteiger partial charge in [0.1, 0.15) is 5.82 Å². The zero-order valence-electron chi connectivity index (χ0n) is 9.31. The van der Waals surface area contributed by atoms with E-state index in [9.17, 15) is 0 Å². The summed E-state index contributed by atoms with van der Waals surface area (Å²) in [7, 11) is 0. The van der Waals surface area contributed by atoms with Crippen molar-refractivity contribution in [1.29, 1.82) is 0 Å². The van der Waals surface area contributed by atoms with E-state index in [2.05, 4.69) is 40.6 Å². The molecule has 86 valence electrons. The number of rotatable bonds is 3. The lowest BCUT2D eigenvalue weighted by Crippen LogP contribution is -2.05. The standard InChI is InChI=1S/C14H13ClN2/c15-11-6-7-14(16-9-11)17-13-8-12(13)10-4-2-1-3-5-10/h1-7,9,12-13H,8H2,(H,16,17). The van der Waals surface area contributed by atoms with Crippen LogP contribution in [-0.4, -0.2) is 11.0 Å². The Morgan fingerprint density at radius 2 is 1.94 bits per heavy atom. The van der Waals surface area contributed by atoms with Crippen LogP contribution in [0, 0.1) is 0 Å². The molecule has 2 aromatic rings. The van der Waals surface area contributed by atoms with E-state index >= 15 is 0 Å². The Kier molecular flexibility index (Phi) is 2.73. The molecule has 3 heteroatoms. The van der Waals surface area contributed by atoms with Crippen molar-refractivity contribution < 1.29 is 0 Å². The third-order valence-electron chi connectivity index (χ3n) is 3.08. The molecule has 0 bridgehead atoms. The second-order valence-corrected chi connectivity index (χ2v) is 4.80. The zero-order valence-corrected chi connectivity index (χ0v) is 10.1. The van der Waals surface area contributed by atoms with E-state index < -0.39 is 0 Å². The Balaban J connectivity index is 1.64. The third kappa shape index (κ3) is 2.42. The van der Waals surface area contributed by atoms with Crippen LogP contribution < -0.4 is 5.32 Å². The molecule has 1 aromatic carbocycles. The van der Waals surface area contributed by atoms with E-state index in [1.165, 1.54) is 12.0 Å². The van der Waals surface area contributed by atoms with E-state index in [1.807, 2.05) is 12.1 Å². The number of hydrogen-bond donors (Lipinski definition) is 1. The van der Waals surface area contributed by atoms with Gasteiger partial charge in [0.2, 0.25) is 0 Å².